The van der Waals surface area contributed by atoms with Gasteiger partial charge < -0.3 is 16.4 Å². The quantitative estimate of drug-likeness (QED) is 0.658. The van der Waals surface area contributed by atoms with E-state index in [9.17, 15) is 9.59 Å². The molecule has 1 aromatic rings. The summed E-state index contributed by atoms with van der Waals surface area (Å²) in [7, 11) is 0. The van der Waals surface area contributed by atoms with Crippen LogP contribution in [0.4, 0.5) is 0 Å². The van der Waals surface area contributed by atoms with E-state index in [4.69, 9.17) is 5.73 Å². The molecule has 0 aliphatic rings. The monoisotopic (exact) mass is 259 g/mol. The number of rotatable bonds is 4. The van der Waals surface area contributed by atoms with Crippen molar-refractivity contribution in [2.75, 3.05) is 19.6 Å². The second-order valence-corrected chi connectivity index (χ2v) is 3.72. The van der Waals surface area contributed by atoms with Gasteiger partial charge >= 0.3 is 0 Å². The number of likely N-dealkylation sites (N-methyl/N-ethyl adjacent to an activating group) is 1. The number of amides is 2. The Labute approximate surface area is 112 Å². The van der Waals surface area contributed by atoms with E-state index in [-0.39, 0.29) is 18.4 Å². The van der Waals surface area contributed by atoms with Crippen LogP contribution in [0.15, 0.2) is 24.3 Å². The van der Waals surface area contributed by atoms with Crippen molar-refractivity contribution in [1.82, 2.24) is 10.6 Å². The number of hydrogen-bond donors (Lipinski definition) is 3. The summed E-state index contributed by atoms with van der Waals surface area (Å²) in [5.74, 6) is 5.10. The van der Waals surface area contributed by atoms with Gasteiger partial charge in [0.2, 0.25) is 5.91 Å². The van der Waals surface area contributed by atoms with Crippen molar-refractivity contribution in [3.63, 3.8) is 0 Å². The van der Waals surface area contributed by atoms with Crippen LogP contribution in [0.5, 0.6) is 0 Å². The third-order valence-electron chi connectivity index (χ3n) is 2.27. The van der Waals surface area contributed by atoms with Gasteiger partial charge in [0.25, 0.3) is 5.91 Å². The van der Waals surface area contributed by atoms with Crippen molar-refractivity contribution in [3.8, 4) is 11.8 Å². The smallest absolute Gasteiger partial charge is 0.251 e. The highest BCUT2D eigenvalue weighted by Crippen LogP contribution is 2.03. The predicted octanol–water partition coefficient (Wildman–Crippen LogP) is -0.137. The van der Waals surface area contributed by atoms with Crippen LogP contribution in [-0.2, 0) is 4.79 Å². The average molecular weight is 259 g/mol. The van der Waals surface area contributed by atoms with E-state index in [1.54, 1.807) is 24.3 Å². The van der Waals surface area contributed by atoms with E-state index in [0.29, 0.717) is 18.7 Å². The summed E-state index contributed by atoms with van der Waals surface area (Å²) in [5, 5.41) is 5.14. The Bertz CT molecular complexity index is 498. The molecule has 0 spiro atoms. The lowest BCUT2D eigenvalue weighted by atomic mass is 10.1. The van der Waals surface area contributed by atoms with E-state index in [0.717, 1.165) is 5.56 Å². The summed E-state index contributed by atoms with van der Waals surface area (Å²) in [6.45, 7) is 2.64. The molecule has 1 aromatic carbocycles. The molecule has 0 aliphatic carbocycles. The summed E-state index contributed by atoms with van der Waals surface area (Å²) in [6, 6.07) is 6.80. The molecule has 0 fully saturated rings. The lowest BCUT2D eigenvalue weighted by molar-refractivity contribution is -0.120. The molecule has 0 bridgehead atoms. The molecule has 4 N–H and O–H groups in total. The fraction of sp³-hybridized carbons (Fsp3) is 0.286. The SMILES string of the molecule is CCNC(=O)CNC(=O)c1ccc(C#CCN)cc1. The molecule has 5 heteroatoms. The first-order valence-electron chi connectivity index (χ1n) is 6.01. The third kappa shape index (κ3) is 5.23. The van der Waals surface area contributed by atoms with Gasteiger partial charge in [0, 0.05) is 17.7 Å². The molecular weight excluding hydrogens is 242 g/mol. The van der Waals surface area contributed by atoms with Crippen molar-refractivity contribution >= 4 is 11.8 Å². The number of benzene rings is 1. The summed E-state index contributed by atoms with van der Waals surface area (Å²) in [6.07, 6.45) is 0. The van der Waals surface area contributed by atoms with Crippen molar-refractivity contribution in [2.45, 2.75) is 6.92 Å². The van der Waals surface area contributed by atoms with Crippen LogP contribution in [0.2, 0.25) is 0 Å². The lowest BCUT2D eigenvalue weighted by Gasteiger charge is -2.05. The number of nitrogens with two attached hydrogens (primary N) is 1. The summed E-state index contributed by atoms with van der Waals surface area (Å²) in [4.78, 5) is 22.9. The maximum atomic E-state index is 11.7. The molecule has 1 rings (SSSR count). The molecule has 0 saturated carbocycles. The third-order valence-corrected chi connectivity index (χ3v) is 2.27. The molecule has 2 amide bonds. The Hall–Kier alpha value is -2.32. The minimum absolute atomic E-state index is 0.0264. The second kappa shape index (κ2) is 7.90. The molecule has 0 heterocycles. The molecule has 0 atom stereocenters. The van der Waals surface area contributed by atoms with Crippen LogP contribution in [0.3, 0.4) is 0 Å². The number of nitrogens with one attached hydrogen (secondary N) is 2. The molecule has 0 unspecified atom stereocenters. The van der Waals surface area contributed by atoms with Crippen molar-refractivity contribution in [2.24, 2.45) is 5.73 Å². The predicted molar refractivity (Wildman–Crippen MR) is 73.4 cm³/mol. The zero-order chi connectivity index (χ0) is 14.1. The summed E-state index contributed by atoms with van der Waals surface area (Å²) >= 11 is 0. The first-order valence-corrected chi connectivity index (χ1v) is 6.01. The summed E-state index contributed by atoms with van der Waals surface area (Å²) in [5.41, 5.74) is 6.56. The first kappa shape index (κ1) is 14.7. The summed E-state index contributed by atoms with van der Waals surface area (Å²) < 4.78 is 0. The fourth-order valence-corrected chi connectivity index (χ4v) is 1.38. The minimum Gasteiger partial charge on any atom is -0.355 e. The van der Waals surface area contributed by atoms with Gasteiger partial charge in [-0.3, -0.25) is 9.59 Å². The van der Waals surface area contributed by atoms with Crippen molar-refractivity contribution in [1.29, 1.82) is 0 Å². The maximum absolute atomic E-state index is 11.7. The van der Waals surface area contributed by atoms with Gasteiger partial charge in [-0.1, -0.05) is 11.8 Å². The van der Waals surface area contributed by atoms with Crippen molar-refractivity contribution in [3.05, 3.63) is 35.4 Å². The molecule has 0 radical (unpaired) electrons. The van der Waals surface area contributed by atoms with E-state index in [1.807, 2.05) is 6.92 Å². The van der Waals surface area contributed by atoms with E-state index in [1.165, 1.54) is 0 Å². The normalized spacial score (nSPS) is 9.16. The molecule has 0 aromatic heterocycles. The van der Waals surface area contributed by atoms with Gasteiger partial charge in [0.1, 0.15) is 0 Å². The van der Waals surface area contributed by atoms with Gasteiger partial charge in [-0.15, -0.1) is 0 Å². The molecular formula is C14H17N3O2. The van der Waals surface area contributed by atoms with Crippen molar-refractivity contribution < 1.29 is 9.59 Å². The zero-order valence-electron chi connectivity index (χ0n) is 10.8. The van der Waals surface area contributed by atoms with Gasteiger partial charge in [-0.2, -0.15) is 0 Å². The van der Waals surface area contributed by atoms with Crippen LogP contribution in [0, 0.1) is 11.8 Å². The highest BCUT2D eigenvalue weighted by Gasteiger charge is 2.06. The molecule has 5 nitrogen and oxygen atoms in total. The van der Waals surface area contributed by atoms with Gasteiger partial charge in [0.05, 0.1) is 13.1 Å². The van der Waals surface area contributed by atoms with Crippen LogP contribution >= 0.6 is 0 Å². The fourth-order valence-electron chi connectivity index (χ4n) is 1.38. The molecule has 0 saturated heterocycles. The first-order chi connectivity index (χ1) is 9.17. The lowest BCUT2D eigenvalue weighted by Crippen LogP contribution is -2.36. The number of carbonyl (C=O) groups is 2. The molecule has 19 heavy (non-hydrogen) atoms. The minimum atomic E-state index is -0.287. The largest absolute Gasteiger partial charge is 0.355 e. The van der Waals surface area contributed by atoms with Gasteiger partial charge in [-0.25, -0.2) is 0 Å². The van der Waals surface area contributed by atoms with Crippen LogP contribution in [0.1, 0.15) is 22.8 Å². The van der Waals surface area contributed by atoms with Crippen LogP contribution in [-0.4, -0.2) is 31.4 Å². The Morgan fingerprint density at radius 3 is 2.47 bits per heavy atom. The zero-order valence-corrected chi connectivity index (χ0v) is 10.8. The highest BCUT2D eigenvalue weighted by atomic mass is 16.2. The van der Waals surface area contributed by atoms with Crippen LogP contribution < -0.4 is 16.4 Å². The van der Waals surface area contributed by atoms with Crippen LogP contribution in [0.25, 0.3) is 0 Å². The van der Waals surface area contributed by atoms with E-state index >= 15 is 0 Å². The Kier molecular flexibility index (Phi) is 6.13. The highest BCUT2D eigenvalue weighted by molar-refractivity contribution is 5.96. The molecule has 100 valence electrons. The number of hydrogen-bond acceptors (Lipinski definition) is 3. The Balaban J connectivity index is 2.55. The average Bonchev–Trinajstić information content (AvgIpc) is 2.43. The van der Waals surface area contributed by atoms with Gasteiger partial charge in [0.15, 0.2) is 0 Å². The Morgan fingerprint density at radius 2 is 1.89 bits per heavy atom. The van der Waals surface area contributed by atoms with E-state index < -0.39 is 0 Å². The maximum Gasteiger partial charge on any atom is 0.251 e. The molecule has 0 aliphatic heterocycles. The standard InChI is InChI=1S/C14H17N3O2/c1-2-16-13(18)10-17-14(19)12-7-5-11(6-8-12)4-3-9-15/h5-8H,2,9-10,15H2,1H3,(H,16,18)(H,17,19). The number of carbonyl (C=O) groups excluding carboxylic acids is 2. The van der Waals surface area contributed by atoms with Gasteiger partial charge in [-0.05, 0) is 31.2 Å². The Morgan fingerprint density at radius 1 is 1.21 bits per heavy atom. The van der Waals surface area contributed by atoms with E-state index in [2.05, 4.69) is 22.5 Å². The topological polar surface area (TPSA) is 84.2 Å². The second-order valence-electron chi connectivity index (χ2n) is 3.72.